The van der Waals surface area contributed by atoms with E-state index in [4.69, 9.17) is 23.2 Å². The van der Waals surface area contributed by atoms with Crippen molar-refractivity contribution in [2.24, 2.45) is 0 Å². The number of hydrogen-bond donors (Lipinski definition) is 0. The van der Waals surface area contributed by atoms with E-state index in [1.165, 1.54) is 18.3 Å². The Kier molecular flexibility index (Phi) is 3.73. The molecule has 19 heavy (non-hydrogen) atoms. The zero-order valence-corrected chi connectivity index (χ0v) is 11.1. The van der Waals surface area contributed by atoms with E-state index in [1.54, 1.807) is 6.92 Å². The molecule has 1 atom stereocenters. The van der Waals surface area contributed by atoms with Crippen LogP contribution in [0.25, 0.3) is 5.69 Å². The van der Waals surface area contributed by atoms with Crippen molar-refractivity contribution in [3.63, 3.8) is 0 Å². The van der Waals surface area contributed by atoms with E-state index < -0.39 is 17.1 Å². The third-order valence-corrected chi connectivity index (χ3v) is 2.89. The molecule has 0 fully saturated rings. The lowest BCUT2D eigenvalue weighted by molar-refractivity contribution is -0.137. The predicted molar refractivity (Wildman–Crippen MR) is 65.6 cm³/mol. The molecule has 1 aromatic carbocycles. The third kappa shape index (κ3) is 3.01. The Balaban J connectivity index is 2.55. The molecule has 2 rings (SSSR count). The highest BCUT2D eigenvalue weighted by Gasteiger charge is 2.34. The van der Waals surface area contributed by atoms with E-state index in [-0.39, 0.29) is 10.7 Å². The molecule has 1 unspecified atom stereocenters. The van der Waals surface area contributed by atoms with Crippen LogP contribution in [0.4, 0.5) is 13.2 Å². The first-order valence-electron chi connectivity index (χ1n) is 5.22. The summed E-state index contributed by atoms with van der Waals surface area (Å²) in [6, 6.07) is 3.45. The van der Waals surface area contributed by atoms with Crippen molar-refractivity contribution in [2.45, 2.75) is 18.5 Å². The predicted octanol–water partition coefficient (Wildman–Crippen LogP) is 4.24. The molecule has 1 aromatic heterocycles. The first-order chi connectivity index (χ1) is 8.79. The van der Waals surface area contributed by atoms with Crippen LogP contribution in [0.3, 0.4) is 0 Å². The molecular weight excluding hydrogens is 302 g/mol. The van der Waals surface area contributed by atoms with Gasteiger partial charge in [-0.15, -0.1) is 16.7 Å². The molecule has 0 spiro atoms. The quantitative estimate of drug-likeness (QED) is 0.777. The molecule has 0 radical (unpaired) electrons. The number of aromatic nitrogens is 3. The van der Waals surface area contributed by atoms with Crippen LogP contribution in [0.2, 0.25) is 5.02 Å². The third-order valence-electron chi connectivity index (χ3n) is 2.43. The summed E-state index contributed by atoms with van der Waals surface area (Å²) in [5.41, 5.74) is -0.628. The molecule has 0 saturated carbocycles. The number of alkyl halides is 4. The first kappa shape index (κ1) is 14.1. The SMILES string of the molecule is CC(Cl)c1cn(-c2ccc(Cl)cc2C(F)(F)F)nn1. The fourth-order valence-corrected chi connectivity index (χ4v) is 1.78. The summed E-state index contributed by atoms with van der Waals surface area (Å²) in [7, 11) is 0. The zero-order valence-electron chi connectivity index (χ0n) is 9.62. The lowest BCUT2D eigenvalue weighted by Crippen LogP contribution is -2.11. The molecule has 0 aliphatic carbocycles. The van der Waals surface area contributed by atoms with Gasteiger partial charge in [0.1, 0.15) is 5.69 Å². The van der Waals surface area contributed by atoms with Crippen LogP contribution in [-0.2, 0) is 6.18 Å². The monoisotopic (exact) mass is 309 g/mol. The molecule has 8 heteroatoms. The van der Waals surface area contributed by atoms with Gasteiger partial charge in [-0.25, -0.2) is 4.68 Å². The summed E-state index contributed by atoms with van der Waals surface area (Å²) in [5.74, 6) is 0. The highest BCUT2D eigenvalue weighted by molar-refractivity contribution is 6.30. The van der Waals surface area contributed by atoms with Crippen LogP contribution in [0.1, 0.15) is 23.6 Å². The lowest BCUT2D eigenvalue weighted by atomic mass is 10.1. The van der Waals surface area contributed by atoms with Crippen molar-refractivity contribution < 1.29 is 13.2 Å². The summed E-state index contributed by atoms with van der Waals surface area (Å²) < 4.78 is 39.8. The molecule has 3 nitrogen and oxygen atoms in total. The normalized spacial score (nSPS) is 13.6. The minimum absolute atomic E-state index is 0.00197. The van der Waals surface area contributed by atoms with Gasteiger partial charge >= 0.3 is 6.18 Å². The summed E-state index contributed by atoms with van der Waals surface area (Å²) in [6.45, 7) is 1.66. The number of hydrogen-bond acceptors (Lipinski definition) is 2. The first-order valence-corrected chi connectivity index (χ1v) is 6.04. The van der Waals surface area contributed by atoms with E-state index in [2.05, 4.69) is 10.3 Å². The maximum absolute atomic E-state index is 12.9. The van der Waals surface area contributed by atoms with Gasteiger partial charge in [-0.2, -0.15) is 13.2 Å². The fourth-order valence-electron chi connectivity index (χ4n) is 1.51. The zero-order chi connectivity index (χ0) is 14.2. The van der Waals surface area contributed by atoms with Gasteiger partial charge in [0.15, 0.2) is 0 Å². The van der Waals surface area contributed by atoms with Crippen molar-refractivity contribution in [1.82, 2.24) is 15.0 Å². The van der Waals surface area contributed by atoms with Crippen LogP contribution >= 0.6 is 23.2 Å². The molecule has 0 amide bonds. The Morgan fingerprint density at radius 3 is 2.53 bits per heavy atom. The van der Waals surface area contributed by atoms with E-state index in [9.17, 15) is 13.2 Å². The van der Waals surface area contributed by atoms with Gasteiger partial charge in [0, 0.05) is 5.02 Å². The average molecular weight is 310 g/mol. The second-order valence-electron chi connectivity index (χ2n) is 3.86. The minimum atomic E-state index is -4.53. The van der Waals surface area contributed by atoms with Gasteiger partial charge < -0.3 is 0 Å². The maximum atomic E-state index is 12.9. The Hall–Kier alpha value is -1.27. The van der Waals surface area contributed by atoms with Crippen molar-refractivity contribution in [3.05, 3.63) is 40.7 Å². The fraction of sp³-hybridized carbons (Fsp3) is 0.273. The molecule has 0 aliphatic heterocycles. The summed E-state index contributed by atoms with van der Waals surface area (Å²) in [4.78, 5) is 0. The highest BCUT2D eigenvalue weighted by Crippen LogP contribution is 2.35. The van der Waals surface area contributed by atoms with E-state index >= 15 is 0 Å². The van der Waals surface area contributed by atoms with Crippen molar-refractivity contribution in [3.8, 4) is 5.69 Å². The summed E-state index contributed by atoms with van der Waals surface area (Å²) in [5, 5.41) is 6.94. The van der Waals surface area contributed by atoms with E-state index in [0.717, 1.165) is 10.7 Å². The molecule has 2 aromatic rings. The van der Waals surface area contributed by atoms with Gasteiger partial charge in [0.2, 0.25) is 0 Å². The summed E-state index contributed by atoms with van der Waals surface area (Å²) >= 11 is 11.4. The van der Waals surface area contributed by atoms with Crippen LogP contribution in [0.5, 0.6) is 0 Å². The molecular formula is C11H8Cl2F3N3. The van der Waals surface area contributed by atoms with Crippen molar-refractivity contribution >= 4 is 23.2 Å². The van der Waals surface area contributed by atoms with Gasteiger partial charge in [-0.3, -0.25) is 0 Å². The molecule has 102 valence electrons. The van der Waals surface area contributed by atoms with Gasteiger partial charge in [0.05, 0.1) is 22.8 Å². The highest BCUT2D eigenvalue weighted by atomic mass is 35.5. The van der Waals surface area contributed by atoms with Gasteiger partial charge in [0.25, 0.3) is 0 Å². The Labute approximate surface area is 116 Å². The second-order valence-corrected chi connectivity index (χ2v) is 4.95. The van der Waals surface area contributed by atoms with Crippen LogP contribution in [0.15, 0.2) is 24.4 Å². The summed E-state index contributed by atoms with van der Waals surface area (Å²) in [6.07, 6.45) is -3.17. The van der Waals surface area contributed by atoms with Crippen molar-refractivity contribution in [1.29, 1.82) is 0 Å². The molecule has 0 bridgehead atoms. The molecule has 0 saturated heterocycles. The number of nitrogens with zero attached hydrogens (tertiary/aromatic N) is 3. The van der Waals surface area contributed by atoms with E-state index in [1.807, 2.05) is 0 Å². The molecule has 1 heterocycles. The lowest BCUT2D eigenvalue weighted by Gasteiger charge is -2.12. The topological polar surface area (TPSA) is 30.7 Å². The smallest absolute Gasteiger partial charge is 0.220 e. The number of rotatable bonds is 2. The maximum Gasteiger partial charge on any atom is 0.418 e. The number of benzene rings is 1. The van der Waals surface area contributed by atoms with Crippen LogP contribution in [-0.4, -0.2) is 15.0 Å². The molecule has 0 N–H and O–H groups in total. The Morgan fingerprint density at radius 2 is 2.00 bits per heavy atom. The van der Waals surface area contributed by atoms with Crippen LogP contribution < -0.4 is 0 Å². The largest absolute Gasteiger partial charge is 0.418 e. The number of halogens is 5. The standard InChI is InChI=1S/C11H8Cl2F3N3/c1-6(12)9-5-19(18-17-9)10-3-2-7(13)4-8(10)11(14,15)16/h2-6H,1H3. The second kappa shape index (κ2) is 5.02. The van der Waals surface area contributed by atoms with Crippen molar-refractivity contribution in [2.75, 3.05) is 0 Å². The molecule has 0 aliphatic rings. The Morgan fingerprint density at radius 1 is 1.32 bits per heavy atom. The average Bonchev–Trinajstić information content (AvgIpc) is 2.77. The van der Waals surface area contributed by atoms with Gasteiger partial charge in [-0.05, 0) is 25.1 Å². The van der Waals surface area contributed by atoms with E-state index in [0.29, 0.717) is 5.69 Å². The van der Waals surface area contributed by atoms with Gasteiger partial charge in [-0.1, -0.05) is 16.8 Å². The van der Waals surface area contributed by atoms with Crippen LogP contribution in [0, 0.1) is 0 Å². The Bertz CT molecular complexity index is 593. The minimum Gasteiger partial charge on any atom is -0.220 e.